The van der Waals surface area contributed by atoms with Crippen molar-refractivity contribution in [1.82, 2.24) is 10.2 Å². The van der Waals surface area contributed by atoms with Crippen LogP contribution >= 0.6 is 0 Å². The molecule has 1 saturated heterocycles. The summed E-state index contributed by atoms with van der Waals surface area (Å²) >= 11 is 0. The Bertz CT molecular complexity index is 185. The molecular weight excluding hydrogens is 166 g/mol. The van der Waals surface area contributed by atoms with Gasteiger partial charge in [-0.25, -0.2) is 0 Å². The van der Waals surface area contributed by atoms with Gasteiger partial charge in [0, 0.05) is 18.6 Å². The van der Waals surface area contributed by atoms with Crippen LogP contribution in [0.5, 0.6) is 0 Å². The fraction of sp³-hybridized carbons (Fsp3) is 0.889. The van der Waals surface area contributed by atoms with Crippen LogP contribution in [0.4, 0.5) is 0 Å². The predicted molar refractivity (Wildman–Crippen MR) is 52.3 cm³/mol. The van der Waals surface area contributed by atoms with E-state index in [0.29, 0.717) is 12.1 Å². The van der Waals surface area contributed by atoms with Crippen molar-refractivity contribution in [3.63, 3.8) is 0 Å². The normalized spacial score (nSPS) is 31.9. The number of nitrogens with two attached hydrogens (primary N) is 1. The van der Waals surface area contributed by atoms with Gasteiger partial charge in [-0.15, -0.1) is 0 Å². The molecule has 4 nitrogen and oxygen atoms in total. The van der Waals surface area contributed by atoms with E-state index in [1.807, 2.05) is 6.92 Å². The van der Waals surface area contributed by atoms with E-state index in [9.17, 15) is 4.79 Å². The zero-order valence-corrected chi connectivity index (χ0v) is 8.58. The maximum absolute atomic E-state index is 10.8. The Kier molecular flexibility index (Phi) is 3.27. The molecule has 1 rings (SSSR count). The molecule has 3 atom stereocenters. The third-order valence-corrected chi connectivity index (χ3v) is 2.80. The third-order valence-electron chi connectivity index (χ3n) is 2.80. The Hall–Kier alpha value is -0.610. The van der Waals surface area contributed by atoms with Gasteiger partial charge in [-0.05, 0) is 27.3 Å². The number of rotatable bonds is 3. The second kappa shape index (κ2) is 4.07. The number of likely N-dealkylation sites (tertiary alicyclic amines) is 1. The van der Waals surface area contributed by atoms with E-state index in [-0.39, 0.29) is 11.9 Å². The molecule has 1 aliphatic heterocycles. The molecule has 0 spiro atoms. The summed E-state index contributed by atoms with van der Waals surface area (Å²) < 4.78 is 0. The van der Waals surface area contributed by atoms with Crippen LogP contribution in [0.15, 0.2) is 0 Å². The van der Waals surface area contributed by atoms with E-state index >= 15 is 0 Å². The second-order valence-corrected chi connectivity index (χ2v) is 4.01. The highest BCUT2D eigenvalue weighted by molar-refractivity contribution is 5.79. The molecule has 3 N–H and O–H groups in total. The van der Waals surface area contributed by atoms with Crippen molar-refractivity contribution in [2.24, 2.45) is 5.73 Å². The minimum atomic E-state index is -0.276. The van der Waals surface area contributed by atoms with Crippen molar-refractivity contribution < 1.29 is 4.79 Å². The highest BCUT2D eigenvalue weighted by atomic mass is 16.1. The van der Waals surface area contributed by atoms with Gasteiger partial charge in [-0.3, -0.25) is 4.79 Å². The number of nitrogens with one attached hydrogen (secondary N) is 1. The molecule has 0 aromatic heterocycles. The molecule has 13 heavy (non-hydrogen) atoms. The molecule has 3 unspecified atom stereocenters. The van der Waals surface area contributed by atoms with Crippen LogP contribution in [0.25, 0.3) is 0 Å². The molecule has 0 aromatic rings. The molecule has 1 amide bonds. The van der Waals surface area contributed by atoms with Gasteiger partial charge in [0.05, 0.1) is 6.04 Å². The minimum Gasteiger partial charge on any atom is -0.368 e. The lowest BCUT2D eigenvalue weighted by molar-refractivity contribution is -0.119. The van der Waals surface area contributed by atoms with Crippen molar-refractivity contribution in [1.29, 1.82) is 0 Å². The highest BCUT2D eigenvalue weighted by Crippen LogP contribution is 2.14. The van der Waals surface area contributed by atoms with Crippen molar-refractivity contribution in [2.75, 3.05) is 13.6 Å². The van der Waals surface area contributed by atoms with Gasteiger partial charge in [-0.1, -0.05) is 0 Å². The zero-order chi connectivity index (χ0) is 10.0. The first kappa shape index (κ1) is 10.5. The molecule has 1 heterocycles. The van der Waals surface area contributed by atoms with Crippen molar-refractivity contribution in [3.05, 3.63) is 0 Å². The van der Waals surface area contributed by atoms with Crippen LogP contribution in [-0.4, -0.2) is 42.5 Å². The predicted octanol–water partition coefficient (Wildman–Crippen LogP) is -0.458. The molecule has 0 aliphatic carbocycles. The van der Waals surface area contributed by atoms with E-state index in [0.717, 1.165) is 13.0 Å². The molecule has 1 aliphatic rings. The largest absolute Gasteiger partial charge is 0.368 e. The lowest BCUT2D eigenvalue weighted by Crippen LogP contribution is -2.45. The second-order valence-electron chi connectivity index (χ2n) is 4.01. The Morgan fingerprint density at radius 2 is 2.31 bits per heavy atom. The van der Waals surface area contributed by atoms with Crippen molar-refractivity contribution >= 4 is 5.91 Å². The molecule has 0 saturated carbocycles. The molecule has 0 aromatic carbocycles. The lowest BCUT2D eigenvalue weighted by atomic mass is 10.1. The summed E-state index contributed by atoms with van der Waals surface area (Å²) in [4.78, 5) is 13.1. The van der Waals surface area contributed by atoms with Gasteiger partial charge < -0.3 is 16.0 Å². The summed E-state index contributed by atoms with van der Waals surface area (Å²) in [6, 6.07) is 0.781. The standard InChI is InChI=1S/C9H19N3O/c1-6-4-8(5-12(6)3)11-7(2)9(10)13/h6-8,11H,4-5H2,1-3H3,(H2,10,13). The topological polar surface area (TPSA) is 58.4 Å². The average molecular weight is 185 g/mol. The number of carbonyl (C=O) groups is 1. The van der Waals surface area contributed by atoms with E-state index in [1.165, 1.54) is 0 Å². The van der Waals surface area contributed by atoms with Gasteiger partial charge in [0.2, 0.25) is 5.91 Å². The van der Waals surface area contributed by atoms with Crippen LogP contribution in [0.3, 0.4) is 0 Å². The summed E-state index contributed by atoms with van der Waals surface area (Å²) in [5, 5.41) is 3.22. The van der Waals surface area contributed by atoms with Crippen LogP contribution in [0, 0.1) is 0 Å². The third kappa shape index (κ3) is 2.67. The quantitative estimate of drug-likeness (QED) is 0.625. The SMILES string of the molecule is CC(NC1CC(C)N(C)C1)C(N)=O. The number of hydrogen-bond donors (Lipinski definition) is 2. The van der Waals surface area contributed by atoms with E-state index in [4.69, 9.17) is 5.73 Å². The maximum Gasteiger partial charge on any atom is 0.234 e. The number of carbonyl (C=O) groups excluding carboxylic acids is 1. The van der Waals surface area contributed by atoms with E-state index in [2.05, 4.69) is 24.2 Å². The number of hydrogen-bond acceptors (Lipinski definition) is 3. The summed E-state index contributed by atoms with van der Waals surface area (Å²) in [5.41, 5.74) is 5.17. The summed E-state index contributed by atoms with van der Waals surface area (Å²) in [5.74, 6) is -0.276. The Morgan fingerprint density at radius 1 is 1.69 bits per heavy atom. The summed E-state index contributed by atoms with van der Waals surface area (Å²) in [6.45, 7) is 5.00. The number of likely N-dealkylation sites (N-methyl/N-ethyl adjacent to an activating group) is 1. The van der Waals surface area contributed by atoms with Gasteiger partial charge >= 0.3 is 0 Å². The van der Waals surface area contributed by atoms with E-state index < -0.39 is 0 Å². The van der Waals surface area contributed by atoms with Crippen LogP contribution in [-0.2, 0) is 4.79 Å². The lowest BCUT2D eigenvalue weighted by Gasteiger charge is -2.16. The summed E-state index contributed by atoms with van der Waals surface area (Å²) in [6.07, 6.45) is 1.09. The zero-order valence-electron chi connectivity index (χ0n) is 8.58. The first-order valence-corrected chi connectivity index (χ1v) is 4.76. The first-order valence-electron chi connectivity index (χ1n) is 4.76. The van der Waals surface area contributed by atoms with Gasteiger partial charge in [0.15, 0.2) is 0 Å². The molecular formula is C9H19N3O. The molecule has 76 valence electrons. The van der Waals surface area contributed by atoms with Gasteiger partial charge in [0.1, 0.15) is 0 Å². The molecule has 4 heteroatoms. The number of primary amides is 1. The maximum atomic E-state index is 10.8. The van der Waals surface area contributed by atoms with Gasteiger partial charge in [0.25, 0.3) is 0 Å². The highest BCUT2D eigenvalue weighted by Gasteiger charge is 2.27. The number of nitrogens with zero attached hydrogens (tertiary/aromatic N) is 1. The monoisotopic (exact) mass is 185 g/mol. The van der Waals surface area contributed by atoms with Crippen molar-refractivity contribution in [2.45, 2.75) is 38.4 Å². The Morgan fingerprint density at radius 3 is 2.69 bits per heavy atom. The fourth-order valence-corrected chi connectivity index (χ4v) is 1.75. The van der Waals surface area contributed by atoms with E-state index in [1.54, 1.807) is 0 Å². The Labute approximate surface area is 79.5 Å². The van der Waals surface area contributed by atoms with Crippen LogP contribution < -0.4 is 11.1 Å². The molecule has 0 radical (unpaired) electrons. The molecule has 1 fully saturated rings. The molecule has 0 bridgehead atoms. The number of amides is 1. The summed E-state index contributed by atoms with van der Waals surface area (Å²) in [7, 11) is 2.10. The average Bonchev–Trinajstić information content (AvgIpc) is 2.31. The first-order chi connectivity index (χ1) is 6.00. The Balaban J connectivity index is 2.35. The fourth-order valence-electron chi connectivity index (χ4n) is 1.75. The van der Waals surface area contributed by atoms with Crippen LogP contribution in [0.1, 0.15) is 20.3 Å². The minimum absolute atomic E-state index is 0.219. The van der Waals surface area contributed by atoms with Gasteiger partial charge in [-0.2, -0.15) is 0 Å². The van der Waals surface area contributed by atoms with Crippen LogP contribution in [0.2, 0.25) is 0 Å². The smallest absolute Gasteiger partial charge is 0.234 e. The van der Waals surface area contributed by atoms with Crippen molar-refractivity contribution in [3.8, 4) is 0 Å².